The molecule has 0 saturated carbocycles. The molecular formula is C15H18IN3O. The van der Waals surface area contributed by atoms with Crippen molar-refractivity contribution in [2.45, 2.75) is 19.8 Å². The molecule has 106 valence electrons. The van der Waals surface area contributed by atoms with Crippen LogP contribution in [0.5, 0.6) is 5.75 Å². The Bertz CT molecular complexity index is 614. The van der Waals surface area contributed by atoms with Crippen LogP contribution in [-0.2, 0) is 0 Å². The molecule has 2 aromatic rings. The minimum atomic E-state index is 0.348. The van der Waals surface area contributed by atoms with Crippen molar-refractivity contribution in [1.82, 2.24) is 9.97 Å². The van der Waals surface area contributed by atoms with Crippen molar-refractivity contribution in [2.75, 3.05) is 19.5 Å². The van der Waals surface area contributed by atoms with Crippen molar-refractivity contribution < 1.29 is 4.74 Å². The Labute approximate surface area is 133 Å². The first kappa shape index (κ1) is 15.0. The molecule has 0 saturated heterocycles. The number of ether oxygens (including phenoxy) is 1. The molecule has 0 aliphatic heterocycles. The summed E-state index contributed by atoms with van der Waals surface area (Å²) in [5.41, 5.74) is 2.02. The second-order valence-corrected chi connectivity index (χ2v) is 5.81. The summed E-state index contributed by atoms with van der Waals surface area (Å²) in [6.45, 7) is 4.28. The van der Waals surface area contributed by atoms with Crippen LogP contribution < -0.4 is 10.1 Å². The zero-order valence-corrected chi connectivity index (χ0v) is 14.2. The molecule has 1 aromatic carbocycles. The molecule has 0 spiro atoms. The third-order valence-corrected chi connectivity index (χ3v) is 4.05. The Hall–Kier alpha value is -1.37. The molecule has 20 heavy (non-hydrogen) atoms. The van der Waals surface area contributed by atoms with E-state index in [1.54, 1.807) is 7.11 Å². The van der Waals surface area contributed by atoms with Gasteiger partial charge in [0.15, 0.2) is 5.82 Å². The molecule has 0 bridgehead atoms. The summed E-state index contributed by atoms with van der Waals surface area (Å²) in [5.74, 6) is 2.74. The van der Waals surface area contributed by atoms with E-state index in [4.69, 9.17) is 9.72 Å². The average Bonchev–Trinajstić information content (AvgIpc) is 2.47. The Balaban J connectivity index is 2.58. The van der Waals surface area contributed by atoms with Gasteiger partial charge in [-0.1, -0.05) is 26.0 Å². The van der Waals surface area contributed by atoms with Gasteiger partial charge in [0.1, 0.15) is 11.6 Å². The van der Waals surface area contributed by atoms with Crippen LogP contribution in [0.3, 0.4) is 0 Å². The summed E-state index contributed by atoms with van der Waals surface area (Å²) in [6.07, 6.45) is 0. The normalized spacial score (nSPS) is 10.7. The Morgan fingerprint density at radius 3 is 2.60 bits per heavy atom. The number of halogens is 1. The van der Waals surface area contributed by atoms with Gasteiger partial charge in [-0.05, 0) is 40.6 Å². The second-order valence-electron chi connectivity index (χ2n) is 4.73. The van der Waals surface area contributed by atoms with Gasteiger partial charge in [0, 0.05) is 12.6 Å². The topological polar surface area (TPSA) is 47.0 Å². The number of nitrogens with zero attached hydrogens (tertiary/aromatic N) is 2. The highest BCUT2D eigenvalue weighted by atomic mass is 127. The Morgan fingerprint density at radius 2 is 2.00 bits per heavy atom. The molecule has 0 aliphatic rings. The fraction of sp³-hybridized carbons (Fsp3) is 0.333. The van der Waals surface area contributed by atoms with Crippen LogP contribution in [0.1, 0.15) is 25.5 Å². The molecule has 0 unspecified atom stereocenters. The molecule has 0 atom stereocenters. The van der Waals surface area contributed by atoms with Crippen LogP contribution in [0.2, 0.25) is 0 Å². The number of hydrogen-bond acceptors (Lipinski definition) is 4. The lowest BCUT2D eigenvalue weighted by molar-refractivity contribution is 0.415. The summed E-state index contributed by atoms with van der Waals surface area (Å²) in [7, 11) is 3.54. The van der Waals surface area contributed by atoms with Crippen molar-refractivity contribution in [1.29, 1.82) is 0 Å². The summed E-state index contributed by atoms with van der Waals surface area (Å²) in [4.78, 5) is 9.31. The number of aromatic nitrogens is 2. The summed E-state index contributed by atoms with van der Waals surface area (Å²) in [6, 6.07) is 7.81. The third kappa shape index (κ3) is 3.03. The van der Waals surface area contributed by atoms with Crippen LogP contribution in [0.25, 0.3) is 11.4 Å². The molecule has 1 heterocycles. The summed E-state index contributed by atoms with van der Waals surface area (Å²) < 4.78 is 6.34. The third-order valence-electron chi connectivity index (χ3n) is 2.99. The smallest absolute Gasteiger partial charge is 0.161 e. The van der Waals surface area contributed by atoms with Gasteiger partial charge in [-0.2, -0.15) is 0 Å². The lowest BCUT2D eigenvalue weighted by Gasteiger charge is -2.13. The highest BCUT2D eigenvalue weighted by molar-refractivity contribution is 14.1. The molecule has 0 amide bonds. The molecule has 0 aliphatic carbocycles. The van der Waals surface area contributed by atoms with Crippen LogP contribution in [0, 0.1) is 3.57 Å². The van der Waals surface area contributed by atoms with E-state index in [9.17, 15) is 0 Å². The second kappa shape index (κ2) is 6.39. The molecule has 0 radical (unpaired) electrons. The van der Waals surface area contributed by atoms with Gasteiger partial charge in [-0.25, -0.2) is 9.97 Å². The molecule has 1 N–H and O–H groups in total. The van der Waals surface area contributed by atoms with Crippen LogP contribution in [-0.4, -0.2) is 24.1 Å². The lowest BCUT2D eigenvalue weighted by atomic mass is 10.1. The first-order valence-corrected chi connectivity index (χ1v) is 7.54. The van der Waals surface area contributed by atoms with E-state index in [1.165, 1.54) is 0 Å². The maximum atomic E-state index is 5.26. The highest BCUT2D eigenvalue weighted by Gasteiger charge is 2.15. The standard InChI is InChI=1S/C15H18IN3O/c1-9(2)13-12(16)15(17-3)19-14(18-13)10-6-5-7-11(8-10)20-4/h5-9H,1-4H3,(H,17,18,19). The molecule has 1 aromatic heterocycles. The van der Waals surface area contributed by atoms with E-state index in [0.717, 1.165) is 32.2 Å². The number of hydrogen-bond donors (Lipinski definition) is 1. The van der Waals surface area contributed by atoms with Gasteiger partial charge >= 0.3 is 0 Å². The van der Waals surface area contributed by atoms with E-state index in [1.807, 2.05) is 31.3 Å². The number of methoxy groups -OCH3 is 1. The molecule has 0 fully saturated rings. The highest BCUT2D eigenvalue weighted by Crippen LogP contribution is 2.29. The minimum absolute atomic E-state index is 0.348. The van der Waals surface area contributed by atoms with Gasteiger partial charge in [0.2, 0.25) is 0 Å². The van der Waals surface area contributed by atoms with Crippen molar-refractivity contribution >= 4 is 28.4 Å². The quantitative estimate of drug-likeness (QED) is 0.814. The Morgan fingerprint density at radius 1 is 1.25 bits per heavy atom. The van der Waals surface area contributed by atoms with Gasteiger partial charge in [-0.15, -0.1) is 0 Å². The predicted molar refractivity (Wildman–Crippen MR) is 90.4 cm³/mol. The average molecular weight is 383 g/mol. The molecule has 5 heteroatoms. The fourth-order valence-electron chi connectivity index (χ4n) is 1.90. The van der Waals surface area contributed by atoms with Crippen molar-refractivity contribution in [3.63, 3.8) is 0 Å². The van der Waals surface area contributed by atoms with E-state index >= 15 is 0 Å². The van der Waals surface area contributed by atoms with Gasteiger partial charge in [-0.3, -0.25) is 0 Å². The first-order valence-electron chi connectivity index (χ1n) is 6.46. The SMILES string of the molecule is CNc1nc(-c2cccc(OC)c2)nc(C(C)C)c1I. The van der Waals surface area contributed by atoms with Crippen molar-refractivity contribution in [2.24, 2.45) is 0 Å². The summed E-state index contributed by atoms with van der Waals surface area (Å²) in [5, 5.41) is 3.14. The monoisotopic (exact) mass is 383 g/mol. The van der Waals surface area contributed by atoms with Gasteiger partial charge in [0.25, 0.3) is 0 Å². The lowest BCUT2D eigenvalue weighted by Crippen LogP contribution is -2.06. The maximum absolute atomic E-state index is 5.26. The van der Waals surface area contributed by atoms with Gasteiger partial charge in [0.05, 0.1) is 16.4 Å². The van der Waals surface area contributed by atoms with Crippen LogP contribution in [0.15, 0.2) is 24.3 Å². The van der Waals surface area contributed by atoms with Crippen molar-refractivity contribution in [3.05, 3.63) is 33.5 Å². The summed E-state index contributed by atoms with van der Waals surface area (Å²) >= 11 is 2.29. The molecular weight excluding hydrogens is 365 g/mol. The van der Waals surface area contributed by atoms with Crippen LogP contribution in [0.4, 0.5) is 5.82 Å². The first-order chi connectivity index (χ1) is 9.56. The Kier molecular flexibility index (Phi) is 4.80. The fourth-order valence-corrected chi connectivity index (χ4v) is 3.04. The van der Waals surface area contributed by atoms with Crippen molar-refractivity contribution in [3.8, 4) is 17.1 Å². The zero-order chi connectivity index (χ0) is 14.7. The number of benzene rings is 1. The molecule has 4 nitrogen and oxygen atoms in total. The van der Waals surface area contributed by atoms with Crippen LogP contribution >= 0.6 is 22.6 Å². The van der Waals surface area contributed by atoms with Gasteiger partial charge < -0.3 is 10.1 Å². The van der Waals surface area contributed by atoms with E-state index in [2.05, 4.69) is 46.7 Å². The predicted octanol–water partition coefficient (Wildman–Crippen LogP) is 3.92. The van der Waals surface area contributed by atoms with E-state index < -0.39 is 0 Å². The largest absolute Gasteiger partial charge is 0.497 e. The number of anilines is 1. The zero-order valence-electron chi connectivity index (χ0n) is 12.1. The number of rotatable bonds is 4. The maximum Gasteiger partial charge on any atom is 0.161 e. The number of nitrogens with one attached hydrogen (secondary N) is 1. The minimum Gasteiger partial charge on any atom is -0.497 e. The van der Waals surface area contributed by atoms with E-state index in [-0.39, 0.29) is 0 Å². The van der Waals surface area contributed by atoms with E-state index in [0.29, 0.717) is 5.92 Å². The molecule has 2 rings (SSSR count).